The Labute approximate surface area is 134 Å². The van der Waals surface area contributed by atoms with Crippen LogP contribution < -0.4 is 5.73 Å². The molecule has 2 N–H and O–H groups in total. The highest BCUT2D eigenvalue weighted by Gasteiger charge is 2.25. The first-order valence-electron chi connectivity index (χ1n) is 6.84. The molecule has 1 aromatic carbocycles. The third-order valence-corrected chi connectivity index (χ3v) is 4.66. The second kappa shape index (κ2) is 6.76. The van der Waals surface area contributed by atoms with Crippen molar-refractivity contribution in [2.75, 3.05) is 0 Å². The van der Waals surface area contributed by atoms with E-state index >= 15 is 0 Å². The van der Waals surface area contributed by atoms with Crippen molar-refractivity contribution in [2.24, 2.45) is 11.7 Å². The highest BCUT2D eigenvalue weighted by Crippen LogP contribution is 2.21. The van der Waals surface area contributed by atoms with Crippen LogP contribution in [0.2, 0.25) is 5.02 Å². The van der Waals surface area contributed by atoms with Crippen LogP contribution >= 0.6 is 11.6 Å². The molecule has 2 rings (SSSR count). The van der Waals surface area contributed by atoms with Gasteiger partial charge in [-0.05, 0) is 30.0 Å². The largest absolute Gasteiger partial charge is 0.411 e. The van der Waals surface area contributed by atoms with Crippen molar-refractivity contribution in [2.45, 2.75) is 37.3 Å². The maximum atomic E-state index is 12.3. The van der Waals surface area contributed by atoms with Crippen LogP contribution in [0.1, 0.15) is 37.8 Å². The van der Waals surface area contributed by atoms with Gasteiger partial charge in [-0.3, -0.25) is 0 Å². The van der Waals surface area contributed by atoms with Gasteiger partial charge in [-0.1, -0.05) is 42.7 Å². The molecule has 2 aromatic rings. The molecule has 0 amide bonds. The molecule has 0 aliphatic rings. The first-order chi connectivity index (χ1) is 10.3. The minimum Gasteiger partial charge on any atom is -0.411 e. The van der Waals surface area contributed by atoms with Crippen molar-refractivity contribution in [3.05, 3.63) is 40.7 Å². The number of nitrogens with zero attached hydrogens (tertiary/aromatic N) is 2. The lowest BCUT2D eigenvalue weighted by molar-refractivity contribution is 0.352. The fraction of sp³-hybridized carbons (Fsp3) is 0.429. The van der Waals surface area contributed by atoms with Crippen LogP contribution in [-0.2, 0) is 15.6 Å². The number of rotatable bonds is 6. The summed E-state index contributed by atoms with van der Waals surface area (Å²) in [6, 6.07) is 6.07. The summed E-state index contributed by atoms with van der Waals surface area (Å²) in [5.74, 6) is 0.255. The molecular weight excluding hydrogens is 326 g/mol. The zero-order chi connectivity index (χ0) is 16.3. The van der Waals surface area contributed by atoms with Gasteiger partial charge in [0.25, 0.3) is 0 Å². The normalized spacial score (nSPS) is 13.5. The van der Waals surface area contributed by atoms with Crippen molar-refractivity contribution in [3.8, 4) is 0 Å². The molecule has 0 spiro atoms. The van der Waals surface area contributed by atoms with E-state index in [0.717, 1.165) is 0 Å². The van der Waals surface area contributed by atoms with Crippen molar-refractivity contribution >= 4 is 21.4 Å². The van der Waals surface area contributed by atoms with E-state index in [9.17, 15) is 8.42 Å². The molecule has 0 saturated heterocycles. The molecule has 6 nitrogen and oxygen atoms in total. The van der Waals surface area contributed by atoms with E-state index in [0.29, 0.717) is 22.9 Å². The number of hydrogen-bond donors (Lipinski definition) is 1. The Balaban J connectivity index is 2.16. The predicted octanol–water partition coefficient (Wildman–Crippen LogP) is 2.74. The molecule has 0 saturated carbocycles. The molecule has 0 aliphatic heterocycles. The van der Waals surface area contributed by atoms with E-state index < -0.39 is 21.1 Å². The zero-order valence-electron chi connectivity index (χ0n) is 12.4. The Hall–Kier alpha value is -1.44. The van der Waals surface area contributed by atoms with Crippen LogP contribution in [0.15, 0.2) is 33.9 Å². The van der Waals surface area contributed by atoms with E-state index in [-0.39, 0.29) is 11.6 Å². The maximum absolute atomic E-state index is 12.3. The Morgan fingerprint density at radius 2 is 1.86 bits per heavy atom. The molecule has 1 heterocycles. The van der Waals surface area contributed by atoms with E-state index in [1.54, 1.807) is 24.3 Å². The maximum Gasteiger partial charge on any atom is 0.335 e. The number of benzene rings is 1. The standard InChI is InChI=1S/C14H18ClN3O3S/c1-9(2)7-12(16)13-17-18-14(21-13)22(19,20)8-10-3-5-11(15)6-4-10/h3-6,9,12H,7-8,16H2,1-2H3. The van der Waals surface area contributed by atoms with E-state index in [1.165, 1.54) is 0 Å². The minimum atomic E-state index is -3.71. The Bertz CT molecular complexity index is 726. The van der Waals surface area contributed by atoms with Crippen molar-refractivity contribution in [1.82, 2.24) is 10.2 Å². The van der Waals surface area contributed by atoms with Gasteiger partial charge in [0.15, 0.2) is 0 Å². The van der Waals surface area contributed by atoms with Crippen LogP contribution in [0.4, 0.5) is 0 Å². The van der Waals surface area contributed by atoms with Gasteiger partial charge in [0.05, 0.1) is 11.8 Å². The predicted molar refractivity (Wildman–Crippen MR) is 83.0 cm³/mol. The number of halogens is 1. The number of aromatic nitrogens is 2. The number of sulfone groups is 1. The van der Waals surface area contributed by atoms with Gasteiger partial charge < -0.3 is 10.2 Å². The van der Waals surface area contributed by atoms with Crippen molar-refractivity contribution < 1.29 is 12.8 Å². The molecule has 8 heteroatoms. The van der Waals surface area contributed by atoms with Gasteiger partial charge in [0.1, 0.15) is 0 Å². The van der Waals surface area contributed by atoms with Crippen LogP contribution in [0.5, 0.6) is 0 Å². The van der Waals surface area contributed by atoms with E-state index in [4.69, 9.17) is 21.8 Å². The van der Waals surface area contributed by atoms with Gasteiger partial charge in [-0.25, -0.2) is 8.42 Å². The van der Waals surface area contributed by atoms with Crippen LogP contribution in [-0.4, -0.2) is 18.6 Å². The highest BCUT2D eigenvalue weighted by atomic mass is 35.5. The second-order valence-electron chi connectivity index (χ2n) is 5.53. The van der Waals surface area contributed by atoms with Gasteiger partial charge in [0, 0.05) is 5.02 Å². The van der Waals surface area contributed by atoms with Crippen LogP contribution in [0.25, 0.3) is 0 Å². The van der Waals surface area contributed by atoms with E-state index in [2.05, 4.69) is 10.2 Å². The second-order valence-corrected chi connectivity index (χ2v) is 7.83. The van der Waals surface area contributed by atoms with Gasteiger partial charge in [-0.2, -0.15) is 0 Å². The monoisotopic (exact) mass is 343 g/mol. The highest BCUT2D eigenvalue weighted by molar-refractivity contribution is 7.90. The summed E-state index contributed by atoms with van der Waals surface area (Å²) in [5, 5.41) is 7.51. The molecule has 22 heavy (non-hydrogen) atoms. The van der Waals surface area contributed by atoms with Crippen LogP contribution in [0.3, 0.4) is 0 Å². The molecule has 0 radical (unpaired) electrons. The molecule has 1 aromatic heterocycles. The average molecular weight is 344 g/mol. The summed E-state index contributed by atoms with van der Waals surface area (Å²) in [6.07, 6.45) is 0.638. The lowest BCUT2D eigenvalue weighted by Gasteiger charge is -2.08. The Morgan fingerprint density at radius 3 is 2.45 bits per heavy atom. The summed E-state index contributed by atoms with van der Waals surface area (Å²) in [7, 11) is -3.71. The summed E-state index contributed by atoms with van der Waals surface area (Å²) in [4.78, 5) is 0. The van der Waals surface area contributed by atoms with E-state index in [1.807, 2.05) is 13.8 Å². The molecule has 120 valence electrons. The van der Waals surface area contributed by atoms with Gasteiger partial charge >= 0.3 is 5.22 Å². The fourth-order valence-corrected chi connectivity index (χ4v) is 3.22. The molecule has 0 aliphatic carbocycles. The SMILES string of the molecule is CC(C)CC(N)c1nnc(S(=O)(=O)Cc2ccc(Cl)cc2)o1. The smallest absolute Gasteiger partial charge is 0.335 e. The minimum absolute atomic E-state index is 0.142. The zero-order valence-corrected chi connectivity index (χ0v) is 13.9. The summed E-state index contributed by atoms with van der Waals surface area (Å²) >= 11 is 5.78. The molecule has 1 atom stereocenters. The third-order valence-electron chi connectivity index (χ3n) is 3.00. The topological polar surface area (TPSA) is 99.1 Å². The molecule has 0 fully saturated rings. The third kappa shape index (κ3) is 4.28. The number of nitrogens with two attached hydrogens (primary N) is 1. The number of hydrogen-bond acceptors (Lipinski definition) is 6. The Kier molecular flexibility index (Phi) is 5.20. The summed E-state index contributed by atoms with van der Waals surface area (Å²) in [5.41, 5.74) is 6.51. The van der Waals surface area contributed by atoms with Gasteiger partial charge in [0.2, 0.25) is 15.7 Å². The fourth-order valence-electron chi connectivity index (χ4n) is 1.97. The van der Waals surface area contributed by atoms with Gasteiger partial charge in [-0.15, -0.1) is 5.10 Å². The van der Waals surface area contributed by atoms with Crippen molar-refractivity contribution in [3.63, 3.8) is 0 Å². The Morgan fingerprint density at radius 1 is 1.23 bits per heavy atom. The molecular formula is C14H18ClN3O3S. The lowest BCUT2D eigenvalue weighted by atomic mass is 10.1. The average Bonchev–Trinajstić information content (AvgIpc) is 2.91. The molecule has 1 unspecified atom stereocenters. The first kappa shape index (κ1) is 16.9. The van der Waals surface area contributed by atoms with Crippen molar-refractivity contribution in [1.29, 1.82) is 0 Å². The van der Waals surface area contributed by atoms with Crippen LogP contribution in [0, 0.1) is 5.92 Å². The summed E-state index contributed by atoms with van der Waals surface area (Å²) in [6.45, 7) is 4.02. The summed E-state index contributed by atoms with van der Waals surface area (Å²) < 4.78 is 29.8. The quantitative estimate of drug-likeness (QED) is 0.865. The first-order valence-corrected chi connectivity index (χ1v) is 8.87. The lowest BCUT2D eigenvalue weighted by Crippen LogP contribution is -2.13. The molecule has 0 bridgehead atoms.